The maximum Gasteiger partial charge on any atom is 0.244 e. The summed E-state index contributed by atoms with van der Waals surface area (Å²) in [6, 6.07) is 8.13. The number of nitrogens with zero attached hydrogens (tertiary/aromatic N) is 1. The first kappa shape index (κ1) is 17.2. The highest BCUT2D eigenvalue weighted by atomic mass is 32.2. The van der Waals surface area contributed by atoms with Crippen LogP contribution < -0.4 is 5.32 Å². The number of benzene rings is 1. The van der Waals surface area contributed by atoms with E-state index in [2.05, 4.69) is 10.5 Å². The van der Waals surface area contributed by atoms with Crippen molar-refractivity contribution in [2.24, 2.45) is 0 Å². The lowest BCUT2D eigenvalue weighted by molar-refractivity contribution is -0.115. The van der Waals surface area contributed by atoms with Crippen molar-refractivity contribution in [3.05, 3.63) is 41.7 Å². The minimum atomic E-state index is -3.76. The second-order valence-electron chi connectivity index (χ2n) is 5.72. The molecule has 0 spiro atoms. The molecule has 2 aromatic rings. The van der Waals surface area contributed by atoms with Crippen LogP contribution in [0.3, 0.4) is 0 Å². The molecule has 1 heterocycles. The fourth-order valence-electron chi connectivity index (χ4n) is 2.04. The Morgan fingerprint density at radius 3 is 2.26 bits per heavy atom. The Kier molecular flexibility index (Phi) is 4.89. The largest absolute Gasteiger partial charge is 0.360 e. The molecule has 1 aromatic heterocycles. The Hall–Kier alpha value is -2.15. The number of hydrogen-bond acceptors (Lipinski definition) is 5. The van der Waals surface area contributed by atoms with Crippen LogP contribution >= 0.6 is 0 Å². The molecular weight excluding hydrogens is 316 g/mol. The summed E-state index contributed by atoms with van der Waals surface area (Å²) < 4.78 is 29.9. The van der Waals surface area contributed by atoms with E-state index in [1.54, 1.807) is 19.1 Å². The third-order valence-corrected chi connectivity index (χ3v) is 5.66. The van der Waals surface area contributed by atoms with Crippen molar-refractivity contribution < 1.29 is 17.7 Å². The number of amides is 1. The minimum Gasteiger partial charge on any atom is -0.360 e. The Balaban J connectivity index is 2.18. The smallest absolute Gasteiger partial charge is 0.244 e. The van der Waals surface area contributed by atoms with E-state index in [0.717, 1.165) is 5.56 Å². The molecule has 23 heavy (non-hydrogen) atoms. The van der Waals surface area contributed by atoms with Crippen molar-refractivity contribution in [3.63, 3.8) is 0 Å². The van der Waals surface area contributed by atoms with Gasteiger partial charge in [0.2, 0.25) is 5.91 Å². The zero-order chi connectivity index (χ0) is 17.2. The molecule has 1 unspecified atom stereocenters. The SMILES string of the molecule is Cc1cc(NC(=O)C(C)S(=O)(=O)c2ccc(C(C)C)cc2)no1. The van der Waals surface area contributed by atoms with Gasteiger partial charge in [-0.05, 0) is 37.5 Å². The number of nitrogens with one attached hydrogen (secondary N) is 1. The highest BCUT2D eigenvalue weighted by Crippen LogP contribution is 2.21. The van der Waals surface area contributed by atoms with Gasteiger partial charge in [-0.15, -0.1) is 0 Å². The van der Waals surface area contributed by atoms with Crippen LogP contribution in [-0.2, 0) is 14.6 Å². The number of aryl methyl sites for hydroxylation is 1. The number of carbonyl (C=O) groups is 1. The average molecular weight is 336 g/mol. The number of sulfone groups is 1. The van der Waals surface area contributed by atoms with E-state index in [1.807, 2.05) is 13.8 Å². The van der Waals surface area contributed by atoms with Gasteiger partial charge in [-0.1, -0.05) is 31.1 Å². The van der Waals surface area contributed by atoms with Gasteiger partial charge in [-0.3, -0.25) is 4.79 Å². The summed E-state index contributed by atoms with van der Waals surface area (Å²) in [5, 5.41) is 4.84. The Morgan fingerprint density at radius 2 is 1.78 bits per heavy atom. The lowest BCUT2D eigenvalue weighted by Gasteiger charge is -2.13. The van der Waals surface area contributed by atoms with Gasteiger partial charge in [0.15, 0.2) is 15.7 Å². The summed E-state index contributed by atoms with van der Waals surface area (Å²) in [6.07, 6.45) is 0. The summed E-state index contributed by atoms with van der Waals surface area (Å²) >= 11 is 0. The fourth-order valence-corrected chi connectivity index (χ4v) is 3.31. The van der Waals surface area contributed by atoms with Crippen LogP contribution in [-0.4, -0.2) is 24.7 Å². The molecule has 1 aromatic carbocycles. The van der Waals surface area contributed by atoms with Gasteiger partial charge in [-0.2, -0.15) is 0 Å². The van der Waals surface area contributed by atoms with E-state index < -0.39 is 21.0 Å². The summed E-state index contributed by atoms with van der Waals surface area (Å²) in [7, 11) is -3.76. The van der Waals surface area contributed by atoms with Crippen LogP contribution in [0.25, 0.3) is 0 Å². The molecule has 0 saturated carbocycles. The van der Waals surface area contributed by atoms with Gasteiger partial charge in [0, 0.05) is 6.07 Å². The molecule has 7 heteroatoms. The molecule has 1 N–H and O–H groups in total. The molecule has 0 aliphatic carbocycles. The van der Waals surface area contributed by atoms with E-state index in [4.69, 9.17) is 4.52 Å². The normalized spacial score (nSPS) is 13.1. The number of carbonyl (C=O) groups excluding carboxylic acids is 1. The lowest BCUT2D eigenvalue weighted by atomic mass is 10.0. The van der Waals surface area contributed by atoms with Crippen molar-refractivity contribution in [2.75, 3.05) is 5.32 Å². The van der Waals surface area contributed by atoms with Gasteiger partial charge < -0.3 is 9.84 Å². The maximum absolute atomic E-state index is 12.5. The van der Waals surface area contributed by atoms with Crippen molar-refractivity contribution in [3.8, 4) is 0 Å². The summed E-state index contributed by atoms with van der Waals surface area (Å²) in [6.45, 7) is 7.09. The first-order chi connectivity index (χ1) is 10.7. The number of anilines is 1. The quantitative estimate of drug-likeness (QED) is 0.907. The molecule has 124 valence electrons. The van der Waals surface area contributed by atoms with Crippen LogP contribution in [0, 0.1) is 6.92 Å². The van der Waals surface area contributed by atoms with Crippen LogP contribution in [0.2, 0.25) is 0 Å². The Morgan fingerprint density at radius 1 is 1.17 bits per heavy atom. The van der Waals surface area contributed by atoms with Crippen LogP contribution in [0.15, 0.2) is 39.8 Å². The van der Waals surface area contributed by atoms with Gasteiger partial charge >= 0.3 is 0 Å². The zero-order valence-corrected chi connectivity index (χ0v) is 14.3. The summed E-state index contributed by atoms with van der Waals surface area (Å²) in [5.41, 5.74) is 1.04. The average Bonchev–Trinajstić information content (AvgIpc) is 2.91. The second kappa shape index (κ2) is 6.54. The first-order valence-corrected chi connectivity index (χ1v) is 8.84. The van der Waals surface area contributed by atoms with Gasteiger partial charge in [0.1, 0.15) is 11.0 Å². The molecule has 6 nitrogen and oxygen atoms in total. The predicted octanol–water partition coefficient (Wildman–Crippen LogP) is 2.91. The molecule has 0 fully saturated rings. The van der Waals surface area contributed by atoms with Crippen molar-refractivity contribution >= 4 is 21.6 Å². The monoisotopic (exact) mass is 336 g/mol. The Bertz CT molecular complexity index is 792. The van der Waals surface area contributed by atoms with E-state index in [-0.39, 0.29) is 10.7 Å². The lowest BCUT2D eigenvalue weighted by Crippen LogP contribution is -2.32. The highest BCUT2D eigenvalue weighted by Gasteiger charge is 2.30. The third kappa shape index (κ3) is 3.79. The minimum absolute atomic E-state index is 0.126. The fraction of sp³-hybridized carbons (Fsp3) is 0.375. The molecule has 1 amide bonds. The van der Waals surface area contributed by atoms with E-state index >= 15 is 0 Å². The van der Waals surface area contributed by atoms with E-state index in [1.165, 1.54) is 25.1 Å². The molecule has 2 rings (SSSR count). The predicted molar refractivity (Wildman–Crippen MR) is 87.0 cm³/mol. The topological polar surface area (TPSA) is 89.3 Å². The van der Waals surface area contributed by atoms with E-state index in [0.29, 0.717) is 11.7 Å². The standard InChI is InChI=1S/C16H20N2O4S/c1-10(2)13-5-7-14(8-6-13)23(20,21)12(4)16(19)17-15-9-11(3)22-18-15/h5-10,12H,1-4H3,(H,17,18,19). The second-order valence-corrected chi connectivity index (χ2v) is 7.99. The molecule has 0 saturated heterocycles. The van der Waals surface area contributed by atoms with Crippen LogP contribution in [0.5, 0.6) is 0 Å². The first-order valence-electron chi connectivity index (χ1n) is 7.30. The molecule has 0 bridgehead atoms. The van der Waals surface area contributed by atoms with Crippen LogP contribution in [0.1, 0.15) is 38.0 Å². The maximum atomic E-state index is 12.5. The highest BCUT2D eigenvalue weighted by molar-refractivity contribution is 7.92. The molecule has 0 aliphatic rings. The Labute approximate surface area is 135 Å². The van der Waals surface area contributed by atoms with Crippen molar-refractivity contribution in [1.29, 1.82) is 0 Å². The number of aromatic nitrogens is 1. The van der Waals surface area contributed by atoms with Crippen LogP contribution in [0.4, 0.5) is 5.82 Å². The molecule has 1 atom stereocenters. The molecule has 0 radical (unpaired) electrons. The third-order valence-electron chi connectivity index (χ3n) is 3.59. The van der Waals surface area contributed by atoms with Gasteiger partial charge in [0.05, 0.1) is 4.90 Å². The van der Waals surface area contributed by atoms with Gasteiger partial charge in [0.25, 0.3) is 0 Å². The zero-order valence-electron chi connectivity index (χ0n) is 13.5. The molecule has 0 aliphatic heterocycles. The molecular formula is C16H20N2O4S. The van der Waals surface area contributed by atoms with E-state index in [9.17, 15) is 13.2 Å². The summed E-state index contributed by atoms with van der Waals surface area (Å²) in [5.74, 6) is 0.388. The van der Waals surface area contributed by atoms with Crippen molar-refractivity contribution in [2.45, 2.75) is 43.8 Å². The summed E-state index contributed by atoms with van der Waals surface area (Å²) in [4.78, 5) is 12.3. The van der Waals surface area contributed by atoms with Crippen molar-refractivity contribution in [1.82, 2.24) is 5.16 Å². The van der Waals surface area contributed by atoms with Gasteiger partial charge in [-0.25, -0.2) is 8.42 Å². The number of hydrogen-bond donors (Lipinski definition) is 1. The number of rotatable bonds is 5.